The third-order valence-corrected chi connectivity index (χ3v) is 6.44. The number of amides is 2. The minimum absolute atomic E-state index is 0.108. The molecule has 170 valence electrons. The molecule has 1 N–H and O–H groups in total. The highest BCUT2D eigenvalue weighted by atomic mass is 19.1. The third kappa shape index (κ3) is 5.42. The van der Waals surface area contributed by atoms with E-state index in [9.17, 15) is 19.1 Å². The fraction of sp³-hybridized carbons (Fsp3) is 0.652. The standard InChI is InChI=1S/C23H31FN2O5/c24-17-6-4-16(5-7-17)23(29)26-13-18(27)14-30-15-21-20(26)9-8-19(31-21)12-22(28)25-10-2-1-3-11-25/h4-7,18-21,27H,1-3,8-15H2/t18-,19+,20-,21+/m1/s1. The van der Waals surface area contributed by atoms with Gasteiger partial charge in [-0.2, -0.15) is 0 Å². The molecule has 0 spiro atoms. The van der Waals surface area contributed by atoms with Crippen LogP contribution in [0.15, 0.2) is 24.3 Å². The average Bonchev–Trinajstić information content (AvgIpc) is 2.77. The van der Waals surface area contributed by atoms with E-state index in [2.05, 4.69) is 0 Å². The highest BCUT2D eigenvalue weighted by molar-refractivity contribution is 5.94. The summed E-state index contributed by atoms with van der Waals surface area (Å²) >= 11 is 0. The normalized spacial score (nSPS) is 29.6. The molecule has 0 aliphatic carbocycles. The van der Waals surface area contributed by atoms with Crippen LogP contribution in [0.4, 0.5) is 4.39 Å². The lowest BCUT2D eigenvalue weighted by Gasteiger charge is -2.44. The largest absolute Gasteiger partial charge is 0.389 e. The summed E-state index contributed by atoms with van der Waals surface area (Å²) in [4.78, 5) is 29.4. The SMILES string of the molecule is O=C(C[C@@H]1CC[C@@H]2[C@H](COC[C@H](O)CN2C(=O)c2ccc(F)cc2)O1)N1CCCCC1. The number of nitrogens with zero attached hydrogens (tertiary/aromatic N) is 2. The quantitative estimate of drug-likeness (QED) is 0.787. The van der Waals surface area contributed by atoms with Gasteiger partial charge in [0.1, 0.15) is 11.9 Å². The predicted octanol–water partition coefficient (Wildman–Crippen LogP) is 1.98. The fourth-order valence-corrected chi connectivity index (χ4v) is 4.80. The van der Waals surface area contributed by atoms with Crippen LogP contribution in [-0.4, -0.2) is 83.9 Å². The molecule has 3 aliphatic rings. The topological polar surface area (TPSA) is 79.3 Å². The van der Waals surface area contributed by atoms with Crippen LogP contribution in [0.1, 0.15) is 48.9 Å². The first-order valence-electron chi connectivity index (χ1n) is 11.3. The van der Waals surface area contributed by atoms with Crippen LogP contribution < -0.4 is 0 Å². The molecule has 1 aromatic rings. The summed E-state index contributed by atoms with van der Waals surface area (Å²) in [5, 5.41) is 10.3. The van der Waals surface area contributed by atoms with Gasteiger partial charge in [-0.15, -0.1) is 0 Å². The molecule has 0 aromatic heterocycles. The summed E-state index contributed by atoms with van der Waals surface area (Å²) in [6.07, 6.45) is 3.57. The number of carbonyl (C=O) groups excluding carboxylic acids is 2. The molecule has 7 nitrogen and oxygen atoms in total. The minimum Gasteiger partial charge on any atom is -0.389 e. The van der Waals surface area contributed by atoms with Crippen molar-refractivity contribution in [2.75, 3.05) is 32.8 Å². The van der Waals surface area contributed by atoms with Crippen molar-refractivity contribution in [1.29, 1.82) is 0 Å². The number of aliphatic hydroxyl groups is 1. The molecule has 0 unspecified atom stereocenters. The Bertz CT molecular complexity index is 768. The van der Waals surface area contributed by atoms with Crippen LogP contribution in [-0.2, 0) is 14.3 Å². The van der Waals surface area contributed by atoms with Crippen molar-refractivity contribution in [2.24, 2.45) is 0 Å². The molecule has 0 bridgehead atoms. The van der Waals surface area contributed by atoms with Gasteiger partial charge in [-0.3, -0.25) is 9.59 Å². The highest BCUT2D eigenvalue weighted by Gasteiger charge is 2.40. The number of aliphatic hydroxyl groups excluding tert-OH is 1. The molecule has 0 radical (unpaired) electrons. The van der Waals surface area contributed by atoms with Crippen LogP contribution in [0.25, 0.3) is 0 Å². The van der Waals surface area contributed by atoms with Crippen LogP contribution in [0, 0.1) is 5.82 Å². The van der Waals surface area contributed by atoms with Crippen LogP contribution in [0.5, 0.6) is 0 Å². The number of rotatable bonds is 3. The molecule has 4 atom stereocenters. The van der Waals surface area contributed by atoms with Gasteiger partial charge in [-0.05, 0) is 56.4 Å². The lowest BCUT2D eigenvalue weighted by Crippen LogP contribution is -2.57. The Morgan fingerprint density at radius 1 is 1.06 bits per heavy atom. The van der Waals surface area contributed by atoms with Gasteiger partial charge in [-0.25, -0.2) is 4.39 Å². The monoisotopic (exact) mass is 434 g/mol. The summed E-state index contributed by atoms with van der Waals surface area (Å²) in [7, 11) is 0. The van der Waals surface area contributed by atoms with E-state index in [0.29, 0.717) is 24.8 Å². The van der Waals surface area contributed by atoms with E-state index in [1.165, 1.54) is 30.7 Å². The maximum absolute atomic E-state index is 13.3. The first-order chi connectivity index (χ1) is 15.0. The Balaban J connectivity index is 1.44. The number of fused-ring (bicyclic) bond motifs is 1. The molecule has 3 saturated heterocycles. The van der Waals surface area contributed by atoms with Gasteiger partial charge in [-0.1, -0.05) is 0 Å². The number of hydrogen-bond acceptors (Lipinski definition) is 5. The Morgan fingerprint density at radius 2 is 1.81 bits per heavy atom. The average molecular weight is 435 g/mol. The molecule has 3 aliphatic heterocycles. The molecule has 8 heteroatoms. The zero-order valence-corrected chi connectivity index (χ0v) is 17.7. The molecule has 1 aromatic carbocycles. The van der Waals surface area contributed by atoms with E-state index in [0.717, 1.165) is 25.9 Å². The van der Waals surface area contributed by atoms with Crippen LogP contribution in [0.3, 0.4) is 0 Å². The third-order valence-electron chi connectivity index (χ3n) is 6.44. The van der Waals surface area contributed by atoms with Crippen molar-refractivity contribution in [3.8, 4) is 0 Å². The van der Waals surface area contributed by atoms with Gasteiger partial charge < -0.3 is 24.4 Å². The summed E-state index contributed by atoms with van der Waals surface area (Å²) in [5.41, 5.74) is 0.372. The van der Waals surface area contributed by atoms with E-state index < -0.39 is 11.9 Å². The molecule has 3 heterocycles. The van der Waals surface area contributed by atoms with E-state index in [1.807, 2.05) is 4.90 Å². The Labute approximate surface area is 182 Å². The number of hydrogen-bond donors (Lipinski definition) is 1. The second-order valence-electron chi connectivity index (χ2n) is 8.74. The van der Waals surface area contributed by atoms with Gasteiger partial charge >= 0.3 is 0 Å². The number of benzene rings is 1. The van der Waals surface area contributed by atoms with Gasteiger partial charge in [0, 0.05) is 25.2 Å². The Hall–Kier alpha value is -2.03. The number of carbonyl (C=O) groups is 2. The summed E-state index contributed by atoms with van der Waals surface area (Å²) in [5.74, 6) is -0.537. The molecule has 3 fully saturated rings. The van der Waals surface area contributed by atoms with Gasteiger partial charge in [0.15, 0.2) is 0 Å². The lowest BCUT2D eigenvalue weighted by molar-refractivity contribution is -0.155. The minimum atomic E-state index is -0.802. The van der Waals surface area contributed by atoms with Crippen molar-refractivity contribution in [1.82, 2.24) is 9.80 Å². The van der Waals surface area contributed by atoms with Crippen LogP contribution in [0.2, 0.25) is 0 Å². The maximum atomic E-state index is 13.3. The first-order valence-corrected chi connectivity index (χ1v) is 11.3. The number of ether oxygens (including phenoxy) is 2. The van der Waals surface area contributed by atoms with Crippen LogP contribution >= 0.6 is 0 Å². The van der Waals surface area contributed by atoms with E-state index >= 15 is 0 Å². The van der Waals surface area contributed by atoms with Crippen molar-refractivity contribution in [3.05, 3.63) is 35.6 Å². The summed E-state index contributed by atoms with van der Waals surface area (Å²) in [6.45, 7) is 2.12. The number of β-amino-alcohol motifs (C(OH)–C–C–N with tert-alkyl or cyclic N) is 1. The van der Waals surface area contributed by atoms with Gasteiger partial charge in [0.25, 0.3) is 5.91 Å². The van der Waals surface area contributed by atoms with E-state index in [1.54, 1.807) is 4.90 Å². The van der Waals surface area contributed by atoms with Gasteiger partial charge in [0.05, 0.1) is 37.9 Å². The fourth-order valence-electron chi connectivity index (χ4n) is 4.80. The second kappa shape index (κ2) is 10.1. The molecule has 31 heavy (non-hydrogen) atoms. The van der Waals surface area contributed by atoms with E-state index in [4.69, 9.17) is 9.47 Å². The summed E-state index contributed by atoms with van der Waals surface area (Å²) in [6, 6.07) is 5.16. The first kappa shape index (κ1) is 22.2. The van der Waals surface area contributed by atoms with Gasteiger partial charge in [0.2, 0.25) is 5.91 Å². The lowest BCUT2D eigenvalue weighted by atomic mass is 9.94. The summed E-state index contributed by atoms with van der Waals surface area (Å²) < 4.78 is 25.2. The van der Waals surface area contributed by atoms with E-state index in [-0.39, 0.29) is 49.8 Å². The smallest absolute Gasteiger partial charge is 0.254 e. The Morgan fingerprint density at radius 3 is 2.55 bits per heavy atom. The predicted molar refractivity (Wildman–Crippen MR) is 111 cm³/mol. The maximum Gasteiger partial charge on any atom is 0.254 e. The highest BCUT2D eigenvalue weighted by Crippen LogP contribution is 2.29. The zero-order valence-electron chi connectivity index (χ0n) is 17.7. The number of halogens is 1. The van der Waals surface area contributed by atoms with Crippen molar-refractivity contribution in [3.63, 3.8) is 0 Å². The molecular weight excluding hydrogens is 403 g/mol. The molecule has 0 saturated carbocycles. The second-order valence-corrected chi connectivity index (χ2v) is 8.74. The molecular formula is C23H31FN2O5. The zero-order chi connectivity index (χ0) is 21.8. The van der Waals surface area contributed by atoms with Crippen molar-refractivity contribution >= 4 is 11.8 Å². The Kier molecular flexibility index (Phi) is 7.20. The van der Waals surface area contributed by atoms with Crippen molar-refractivity contribution in [2.45, 2.75) is 62.9 Å². The number of piperidine rings is 1. The molecule has 2 amide bonds. The number of likely N-dealkylation sites (tertiary alicyclic amines) is 1. The molecule has 4 rings (SSSR count). The van der Waals surface area contributed by atoms with Crippen molar-refractivity contribution < 1.29 is 28.6 Å².